The summed E-state index contributed by atoms with van der Waals surface area (Å²) in [6, 6.07) is 0. The number of hydrogen-bond acceptors (Lipinski definition) is 2. The summed E-state index contributed by atoms with van der Waals surface area (Å²) in [6.07, 6.45) is 7.19. The van der Waals surface area contributed by atoms with E-state index in [0.717, 1.165) is 24.7 Å². The molecule has 2 nitrogen and oxygen atoms in total. The number of rotatable bonds is 0. The molecule has 4 bridgehead atoms. The minimum absolute atomic E-state index is 0.115. The lowest BCUT2D eigenvalue weighted by atomic mass is 9.41. The number of carbonyl (C=O) groups is 2. The number of ketones is 2. The van der Waals surface area contributed by atoms with E-state index in [4.69, 9.17) is 0 Å². The van der Waals surface area contributed by atoms with Gasteiger partial charge in [-0.1, -0.05) is 20.8 Å². The molecule has 1 unspecified atom stereocenters. The van der Waals surface area contributed by atoms with Crippen LogP contribution in [0, 0.1) is 51.2 Å². The Morgan fingerprint density at radius 2 is 1.73 bits per heavy atom. The molecule has 0 heterocycles. The normalized spacial score (nSPS) is 69.9. The summed E-state index contributed by atoms with van der Waals surface area (Å²) >= 11 is 0. The molecule has 9 atom stereocenters. The van der Waals surface area contributed by atoms with Crippen molar-refractivity contribution in [2.24, 2.45) is 51.2 Å². The molecule has 2 heteroatoms. The molecule has 1 spiro atoms. The quantitative estimate of drug-likeness (QED) is 0.640. The first-order valence-corrected chi connectivity index (χ1v) is 9.40. The van der Waals surface area contributed by atoms with Gasteiger partial charge in [-0.15, -0.1) is 0 Å². The molecule has 0 aromatic carbocycles. The Kier molecular flexibility index (Phi) is 1.74. The zero-order valence-corrected chi connectivity index (χ0v) is 13.9. The van der Waals surface area contributed by atoms with Crippen LogP contribution in [0.1, 0.15) is 59.3 Å². The summed E-state index contributed by atoms with van der Waals surface area (Å²) in [5.41, 5.74) is 0.00331. The second kappa shape index (κ2) is 3.00. The van der Waals surface area contributed by atoms with Crippen molar-refractivity contribution in [3.8, 4) is 0 Å². The number of hydrogen-bond donors (Lipinski definition) is 0. The number of Topliss-reactive ketones (excluding diaryl/α,β-unsaturated/α-hetero) is 2. The van der Waals surface area contributed by atoms with Crippen LogP contribution in [0.25, 0.3) is 0 Å². The fourth-order valence-corrected chi connectivity index (χ4v) is 8.84. The van der Waals surface area contributed by atoms with E-state index in [-0.39, 0.29) is 16.7 Å². The molecule has 0 saturated heterocycles. The number of carbonyl (C=O) groups excluding carboxylic acids is 2. The van der Waals surface area contributed by atoms with Gasteiger partial charge < -0.3 is 0 Å². The summed E-state index contributed by atoms with van der Waals surface area (Å²) in [5.74, 6) is 3.34. The summed E-state index contributed by atoms with van der Waals surface area (Å²) in [5, 5.41) is 0. The van der Waals surface area contributed by atoms with Crippen molar-refractivity contribution in [3.63, 3.8) is 0 Å². The van der Waals surface area contributed by atoms with Gasteiger partial charge in [-0.3, -0.25) is 9.59 Å². The predicted octanol–water partition coefficient (Wildman–Crippen LogP) is 3.63. The Morgan fingerprint density at radius 1 is 0.955 bits per heavy atom. The minimum atomic E-state index is -0.544. The highest BCUT2D eigenvalue weighted by atomic mass is 16.2. The van der Waals surface area contributed by atoms with Gasteiger partial charge in [0.2, 0.25) is 0 Å². The lowest BCUT2D eigenvalue weighted by Crippen LogP contribution is -2.61. The molecule has 0 radical (unpaired) electrons. The van der Waals surface area contributed by atoms with Gasteiger partial charge in [0.05, 0.1) is 5.41 Å². The van der Waals surface area contributed by atoms with Crippen molar-refractivity contribution in [1.82, 2.24) is 0 Å². The minimum Gasteiger partial charge on any atom is -0.298 e. The third-order valence-corrected chi connectivity index (χ3v) is 10.1. The van der Waals surface area contributed by atoms with E-state index < -0.39 is 5.41 Å². The summed E-state index contributed by atoms with van der Waals surface area (Å²) < 4.78 is 0. The standard InChI is InChI=1S/C20H26O2/c1-17-6-4-10-9-18(10,2)12(17)5-7-20-13(17)8-11-14(15(20)21)19(11,3)16(20)22/h10-14H,4-9H2,1-3H3/t10-,11+,12+,13+,14?,17-,18+,19-,20+/m0/s1. The van der Waals surface area contributed by atoms with E-state index >= 15 is 0 Å². The molecule has 7 saturated carbocycles. The van der Waals surface area contributed by atoms with Crippen molar-refractivity contribution < 1.29 is 9.59 Å². The van der Waals surface area contributed by atoms with Crippen LogP contribution in [-0.2, 0) is 9.59 Å². The first kappa shape index (κ1) is 12.7. The molecular formula is C20H26O2. The average Bonchev–Trinajstić information content (AvgIpc) is 3.31. The zero-order valence-electron chi connectivity index (χ0n) is 13.9. The van der Waals surface area contributed by atoms with Crippen molar-refractivity contribution in [3.05, 3.63) is 0 Å². The molecule has 0 aliphatic heterocycles. The van der Waals surface area contributed by atoms with Crippen LogP contribution in [0.4, 0.5) is 0 Å². The van der Waals surface area contributed by atoms with Crippen LogP contribution < -0.4 is 0 Å². The second-order valence-corrected chi connectivity index (χ2v) is 10.4. The topological polar surface area (TPSA) is 34.1 Å². The molecular weight excluding hydrogens is 272 g/mol. The van der Waals surface area contributed by atoms with Crippen LogP contribution in [-0.4, -0.2) is 11.6 Å². The van der Waals surface area contributed by atoms with E-state index in [0.29, 0.717) is 28.8 Å². The molecule has 22 heavy (non-hydrogen) atoms. The molecule has 0 N–H and O–H groups in total. The highest BCUT2D eigenvalue weighted by Gasteiger charge is 2.88. The maximum absolute atomic E-state index is 13.3. The Balaban J connectivity index is 1.52. The Hall–Kier alpha value is -0.660. The van der Waals surface area contributed by atoms with Crippen LogP contribution in [0.3, 0.4) is 0 Å². The Bertz CT molecular complexity index is 667. The van der Waals surface area contributed by atoms with Crippen LogP contribution in [0.2, 0.25) is 0 Å². The predicted molar refractivity (Wildman–Crippen MR) is 81.9 cm³/mol. The maximum atomic E-state index is 13.3. The first-order chi connectivity index (χ1) is 10.3. The summed E-state index contributed by atoms with van der Waals surface area (Å²) in [6.45, 7) is 7.05. The molecule has 7 fully saturated rings. The van der Waals surface area contributed by atoms with Gasteiger partial charge in [-0.25, -0.2) is 0 Å². The fourth-order valence-electron chi connectivity index (χ4n) is 8.84. The summed E-state index contributed by atoms with van der Waals surface area (Å²) in [4.78, 5) is 26.4. The van der Waals surface area contributed by atoms with E-state index in [1.165, 1.54) is 25.7 Å². The molecule has 7 rings (SSSR count). The van der Waals surface area contributed by atoms with Crippen LogP contribution in [0.15, 0.2) is 0 Å². The Labute approximate surface area is 132 Å². The van der Waals surface area contributed by atoms with Crippen molar-refractivity contribution >= 4 is 11.6 Å². The number of fused-ring (bicyclic) bond motifs is 3. The average molecular weight is 298 g/mol. The fraction of sp³-hybridized carbons (Fsp3) is 0.900. The SMILES string of the molecule is C[C@]12CC[C@H]3C[C@@]3(C)[C@@H]1CC[C@]13C(=O)C4[C@@H](C[C@@H]12)[C@]4(C)C3=O. The second-order valence-electron chi connectivity index (χ2n) is 10.4. The van der Waals surface area contributed by atoms with Crippen LogP contribution in [0.5, 0.6) is 0 Å². The molecule has 0 aromatic rings. The Morgan fingerprint density at radius 3 is 2.41 bits per heavy atom. The van der Waals surface area contributed by atoms with Gasteiger partial charge in [0.25, 0.3) is 0 Å². The van der Waals surface area contributed by atoms with Crippen LogP contribution >= 0.6 is 0 Å². The van der Waals surface area contributed by atoms with E-state index in [1.54, 1.807) is 0 Å². The van der Waals surface area contributed by atoms with Crippen molar-refractivity contribution in [1.29, 1.82) is 0 Å². The van der Waals surface area contributed by atoms with E-state index in [9.17, 15) is 9.59 Å². The molecule has 0 aromatic heterocycles. The van der Waals surface area contributed by atoms with Gasteiger partial charge >= 0.3 is 0 Å². The van der Waals surface area contributed by atoms with Gasteiger partial charge in [0, 0.05) is 11.3 Å². The van der Waals surface area contributed by atoms with E-state index in [2.05, 4.69) is 20.8 Å². The van der Waals surface area contributed by atoms with Gasteiger partial charge in [-0.2, -0.15) is 0 Å². The third-order valence-electron chi connectivity index (χ3n) is 10.1. The maximum Gasteiger partial charge on any atom is 0.153 e. The highest BCUT2D eigenvalue weighted by Crippen LogP contribution is 2.84. The lowest BCUT2D eigenvalue weighted by molar-refractivity contribution is -0.174. The smallest absolute Gasteiger partial charge is 0.153 e. The largest absolute Gasteiger partial charge is 0.298 e. The van der Waals surface area contributed by atoms with E-state index in [1.807, 2.05) is 0 Å². The summed E-state index contributed by atoms with van der Waals surface area (Å²) in [7, 11) is 0. The molecule has 7 aliphatic rings. The van der Waals surface area contributed by atoms with Crippen molar-refractivity contribution in [2.75, 3.05) is 0 Å². The highest BCUT2D eigenvalue weighted by molar-refractivity contribution is 6.22. The van der Waals surface area contributed by atoms with Gasteiger partial charge in [0.1, 0.15) is 0 Å². The molecule has 0 amide bonds. The van der Waals surface area contributed by atoms with Crippen molar-refractivity contribution in [2.45, 2.75) is 59.3 Å². The third kappa shape index (κ3) is 0.915. The molecule has 118 valence electrons. The lowest BCUT2D eigenvalue weighted by Gasteiger charge is -2.61. The van der Waals surface area contributed by atoms with Gasteiger partial charge in [0.15, 0.2) is 11.6 Å². The first-order valence-electron chi connectivity index (χ1n) is 9.40. The van der Waals surface area contributed by atoms with Gasteiger partial charge in [-0.05, 0) is 73.0 Å². The monoisotopic (exact) mass is 298 g/mol. The molecule has 7 aliphatic carbocycles. The zero-order chi connectivity index (χ0) is 15.3.